The minimum Gasteiger partial charge on any atom is -0.385 e. The fraction of sp³-hybridized carbons (Fsp3) is 0.500. The molecule has 0 aliphatic carbocycles. The second kappa shape index (κ2) is 5.49. The average Bonchev–Trinajstić information content (AvgIpc) is 2.71. The lowest BCUT2D eigenvalue weighted by molar-refractivity contribution is -0.0251. The smallest absolute Gasteiger partial charge is 0.251 e. The molecule has 1 aliphatic heterocycles. The largest absolute Gasteiger partial charge is 0.385 e. The molecule has 1 heterocycles. The Morgan fingerprint density at radius 3 is 3.00 bits per heavy atom. The van der Waals surface area contributed by atoms with Crippen molar-refractivity contribution in [1.82, 2.24) is 5.32 Å². The van der Waals surface area contributed by atoms with Crippen LogP contribution in [-0.2, 0) is 4.74 Å². The van der Waals surface area contributed by atoms with Crippen LogP contribution in [0.25, 0.3) is 0 Å². The first kappa shape index (κ1) is 14.3. The molecular weight excluding hydrogens is 266 g/mol. The summed E-state index contributed by atoms with van der Waals surface area (Å²) in [4.78, 5) is 12.1. The maximum absolute atomic E-state index is 12.1. The Hall–Kier alpha value is -1.10. The standard InChI is InChI=1S/C14H18ClNO3/c1-9-11(4-3-5-12(9)15)13(17)16-8-14(18)6-7-19-10(14)2/h3-5,10,18H,6-8H2,1-2H3,(H,16,17). The molecular formula is C14H18ClNO3. The predicted molar refractivity (Wildman–Crippen MR) is 73.5 cm³/mol. The Bertz CT molecular complexity index is 492. The topological polar surface area (TPSA) is 58.6 Å². The molecule has 0 spiro atoms. The highest BCUT2D eigenvalue weighted by Gasteiger charge is 2.39. The first-order valence-corrected chi connectivity index (χ1v) is 6.69. The molecule has 5 heteroatoms. The summed E-state index contributed by atoms with van der Waals surface area (Å²) >= 11 is 5.99. The van der Waals surface area contributed by atoms with E-state index in [0.717, 1.165) is 5.56 Å². The molecule has 19 heavy (non-hydrogen) atoms. The maximum atomic E-state index is 12.1. The van der Waals surface area contributed by atoms with Crippen LogP contribution < -0.4 is 5.32 Å². The zero-order valence-corrected chi connectivity index (χ0v) is 11.8. The molecule has 0 aromatic heterocycles. The molecule has 0 radical (unpaired) electrons. The summed E-state index contributed by atoms with van der Waals surface area (Å²) < 4.78 is 5.33. The summed E-state index contributed by atoms with van der Waals surface area (Å²) in [5.74, 6) is -0.229. The SMILES string of the molecule is Cc1c(Cl)cccc1C(=O)NCC1(O)CCOC1C. The first-order valence-electron chi connectivity index (χ1n) is 6.31. The molecule has 1 amide bonds. The monoisotopic (exact) mass is 283 g/mol. The number of halogens is 1. The van der Waals surface area contributed by atoms with Gasteiger partial charge in [0, 0.05) is 30.2 Å². The number of hydrogen-bond acceptors (Lipinski definition) is 3. The van der Waals surface area contributed by atoms with Crippen LogP contribution in [0.4, 0.5) is 0 Å². The van der Waals surface area contributed by atoms with Gasteiger partial charge in [-0.3, -0.25) is 4.79 Å². The van der Waals surface area contributed by atoms with Crippen molar-refractivity contribution >= 4 is 17.5 Å². The van der Waals surface area contributed by atoms with Gasteiger partial charge in [-0.1, -0.05) is 17.7 Å². The Labute approximate surface area is 117 Å². The number of hydrogen-bond donors (Lipinski definition) is 2. The number of amides is 1. The summed E-state index contributed by atoms with van der Waals surface area (Å²) in [5.41, 5.74) is 0.286. The molecule has 2 atom stereocenters. The van der Waals surface area contributed by atoms with Crippen molar-refractivity contribution < 1.29 is 14.6 Å². The Morgan fingerprint density at radius 1 is 1.63 bits per heavy atom. The average molecular weight is 284 g/mol. The lowest BCUT2D eigenvalue weighted by Gasteiger charge is -2.26. The van der Waals surface area contributed by atoms with Crippen LogP contribution in [0.1, 0.15) is 29.3 Å². The third-order valence-electron chi connectivity index (χ3n) is 3.73. The number of aliphatic hydroxyl groups is 1. The Morgan fingerprint density at radius 2 is 2.37 bits per heavy atom. The van der Waals surface area contributed by atoms with Crippen molar-refractivity contribution in [3.8, 4) is 0 Å². The van der Waals surface area contributed by atoms with Gasteiger partial charge < -0.3 is 15.2 Å². The molecule has 1 aromatic rings. The van der Waals surface area contributed by atoms with E-state index in [9.17, 15) is 9.90 Å². The number of rotatable bonds is 3. The van der Waals surface area contributed by atoms with Gasteiger partial charge in [-0.15, -0.1) is 0 Å². The minimum atomic E-state index is -0.984. The van der Waals surface area contributed by atoms with Gasteiger partial charge in [-0.05, 0) is 31.5 Å². The Balaban J connectivity index is 2.04. The molecule has 2 N–H and O–H groups in total. The normalized spacial score (nSPS) is 26.4. The van der Waals surface area contributed by atoms with Gasteiger partial charge in [0.2, 0.25) is 0 Å². The van der Waals surface area contributed by atoms with Crippen molar-refractivity contribution in [3.63, 3.8) is 0 Å². The van der Waals surface area contributed by atoms with E-state index in [-0.39, 0.29) is 18.6 Å². The summed E-state index contributed by atoms with van der Waals surface area (Å²) in [6.07, 6.45) is 0.261. The predicted octanol–water partition coefficient (Wildman–Crippen LogP) is 1.92. The zero-order chi connectivity index (χ0) is 14.0. The summed E-state index contributed by atoms with van der Waals surface area (Å²) in [7, 11) is 0. The second-order valence-corrected chi connectivity index (χ2v) is 5.37. The fourth-order valence-corrected chi connectivity index (χ4v) is 2.36. The highest BCUT2D eigenvalue weighted by Crippen LogP contribution is 2.25. The lowest BCUT2D eigenvalue weighted by atomic mass is 9.96. The molecule has 1 aliphatic rings. The molecule has 0 bridgehead atoms. The van der Waals surface area contributed by atoms with Crippen LogP contribution in [0.5, 0.6) is 0 Å². The maximum Gasteiger partial charge on any atom is 0.251 e. The van der Waals surface area contributed by atoms with Crippen molar-refractivity contribution in [2.24, 2.45) is 0 Å². The summed E-state index contributed by atoms with van der Waals surface area (Å²) in [6.45, 7) is 4.31. The van der Waals surface area contributed by atoms with Gasteiger partial charge in [0.25, 0.3) is 5.91 Å². The molecule has 4 nitrogen and oxygen atoms in total. The Kier molecular flexibility index (Phi) is 4.13. The van der Waals surface area contributed by atoms with E-state index < -0.39 is 5.60 Å². The number of carbonyl (C=O) groups is 1. The number of benzene rings is 1. The van der Waals surface area contributed by atoms with Gasteiger partial charge in [0.15, 0.2) is 0 Å². The van der Waals surface area contributed by atoms with Crippen LogP contribution in [0.3, 0.4) is 0 Å². The zero-order valence-electron chi connectivity index (χ0n) is 11.1. The lowest BCUT2D eigenvalue weighted by Crippen LogP contribution is -2.47. The van der Waals surface area contributed by atoms with Crippen molar-refractivity contribution in [3.05, 3.63) is 34.3 Å². The van der Waals surface area contributed by atoms with E-state index in [1.54, 1.807) is 25.1 Å². The van der Waals surface area contributed by atoms with Crippen LogP contribution in [0, 0.1) is 6.92 Å². The van der Waals surface area contributed by atoms with Crippen LogP contribution in [-0.4, -0.2) is 35.9 Å². The number of nitrogens with one attached hydrogen (secondary N) is 1. The molecule has 2 unspecified atom stereocenters. The molecule has 1 saturated heterocycles. The van der Waals surface area contributed by atoms with E-state index in [1.807, 2.05) is 6.92 Å². The minimum absolute atomic E-state index is 0.180. The van der Waals surface area contributed by atoms with Crippen molar-refractivity contribution in [1.29, 1.82) is 0 Å². The molecule has 1 aromatic carbocycles. The van der Waals surface area contributed by atoms with E-state index in [2.05, 4.69) is 5.32 Å². The van der Waals surface area contributed by atoms with Crippen LogP contribution in [0.15, 0.2) is 18.2 Å². The van der Waals surface area contributed by atoms with Crippen molar-refractivity contribution in [2.75, 3.05) is 13.2 Å². The molecule has 0 saturated carbocycles. The molecule has 2 rings (SSSR count). The van der Waals surface area contributed by atoms with Gasteiger partial charge >= 0.3 is 0 Å². The quantitative estimate of drug-likeness (QED) is 0.891. The van der Waals surface area contributed by atoms with E-state index in [1.165, 1.54) is 0 Å². The number of ether oxygens (including phenoxy) is 1. The highest BCUT2D eigenvalue weighted by atomic mass is 35.5. The fourth-order valence-electron chi connectivity index (χ4n) is 2.18. The summed E-state index contributed by atoms with van der Waals surface area (Å²) in [6, 6.07) is 5.20. The van der Waals surface area contributed by atoms with Gasteiger partial charge in [0.05, 0.1) is 6.10 Å². The second-order valence-electron chi connectivity index (χ2n) is 4.96. The first-order chi connectivity index (χ1) is 8.94. The van der Waals surface area contributed by atoms with Gasteiger partial charge in [0.1, 0.15) is 5.60 Å². The van der Waals surface area contributed by atoms with Gasteiger partial charge in [-0.25, -0.2) is 0 Å². The van der Waals surface area contributed by atoms with Crippen LogP contribution >= 0.6 is 11.6 Å². The van der Waals surface area contributed by atoms with E-state index >= 15 is 0 Å². The van der Waals surface area contributed by atoms with E-state index in [4.69, 9.17) is 16.3 Å². The van der Waals surface area contributed by atoms with Crippen LogP contribution in [0.2, 0.25) is 5.02 Å². The highest BCUT2D eigenvalue weighted by molar-refractivity contribution is 6.31. The third kappa shape index (κ3) is 2.91. The summed E-state index contributed by atoms with van der Waals surface area (Å²) in [5, 5.41) is 13.6. The molecule has 1 fully saturated rings. The third-order valence-corrected chi connectivity index (χ3v) is 4.14. The van der Waals surface area contributed by atoms with Crippen molar-refractivity contribution in [2.45, 2.75) is 32.0 Å². The van der Waals surface area contributed by atoms with E-state index in [0.29, 0.717) is 23.6 Å². The van der Waals surface area contributed by atoms with Gasteiger partial charge in [-0.2, -0.15) is 0 Å². The molecule has 104 valence electrons. The number of carbonyl (C=O) groups excluding carboxylic acids is 1.